The summed E-state index contributed by atoms with van der Waals surface area (Å²) in [4.78, 5) is 24.1. The summed E-state index contributed by atoms with van der Waals surface area (Å²) in [5.74, 6) is -0.317. The van der Waals surface area contributed by atoms with E-state index in [1.807, 2.05) is 6.92 Å². The molecule has 3 rings (SSSR count). The number of nitrogens with one attached hydrogen (secondary N) is 1. The fraction of sp³-hybridized carbons (Fsp3) is 0.143. The number of aromatic nitrogens is 1. The van der Waals surface area contributed by atoms with Crippen LogP contribution in [-0.4, -0.2) is 17.3 Å². The highest BCUT2D eigenvalue weighted by Gasteiger charge is 2.09. The number of benzene rings is 2. The molecule has 5 nitrogen and oxygen atoms in total. The smallest absolute Gasteiger partial charge is 0.411 e. The van der Waals surface area contributed by atoms with Crippen LogP contribution < -0.4 is 10.9 Å². The van der Waals surface area contributed by atoms with E-state index in [9.17, 15) is 14.0 Å². The van der Waals surface area contributed by atoms with Gasteiger partial charge < -0.3 is 4.74 Å². The Morgan fingerprint density at radius 1 is 1.15 bits per heavy atom. The van der Waals surface area contributed by atoms with Gasteiger partial charge in [0.15, 0.2) is 0 Å². The zero-order chi connectivity index (χ0) is 19.4. The van der Waals surface area contributed by atoms with E-state index in [0.29, 0.717) is 11.4 Å². The van der Waals surface area contributed by atoms with Crippen LogP contribution in [0.4, 0.5) is 14.9 Å². The van der Waals surface area contributed by atoms with E-state index in [-0.39, 0.29) is 18.0 Å². The molecule has 0 aliphatic heterocycles. The number of hydrogen-bond acceptors (Lipinski definition) is 3. The molecule has 0 fully saturated rings. The molecule has 6 heteroatoms. The number of rotatable bonds is 4. The van der Waals surface area contributed by atoms with Gasteiger partial charge in [-0.25, -0.2) is 9.18 Å². The van der Waals surface area contributed by atoms with Crippen LogP contribution in [-0.2, 0) is 4.74 Å². The van der Waals surface area contributed by atoms with E-state index >= 15 is 0 Å². The lowest BCUT2D eigenvalue weighted by molar-refractivity contribution is 0.168. The molecule has 0 aliphatic rings. The number of carbonyl (C=O) groups is 1. The van der Waals surface area contributed by atoms with Gasteiger partial charge in [0.05, 0.1) is 12.3 Å². The van der Waals surface area contributed by atoms with Gasteiger partial charge in [-0.2, -0.15) is 0 Å². The third-order valence-corrected chi connectivity index (χ3v) is 4.06. The molecule has 1 heterocycles. The molecular weight excluding hydrogens is 347 g/mol. The van der Waals surface area contributed by atoms with Crippen molar-refractivity contribution in [3.63, 3.8) is 0 Å². The molecule has 0 bridgehead atoms. The highest BCUT2D eigenvalue weighted by Crippen LogP contribution is 2.24. The molecule has 138 valence electrons. The van der Waals surface area contributed by atoms with Crippen LogP contribution in [0.1, 0.15) is 12.5 Å². The van der Waals surface area contributed by atoms with Gasteiger partial charge >= 0.3 is 6.09 Å². The summed E-state index contributed by atoms with van der Waals surface area (Å²) < 4.78 is 19.6. The van der Waals surface area contributed by atoms with E-state index in [1.165, 1.54) is 22.8 Å². The van der Waals surface area contributed by atoms with Gasteiger partial charge in [0.25, 0.3) is 5.56 Å². The lowest BCUT2D eigenvalue weighted by Gasteiger charge is -2.13. The normalized spacial score (nSPS) is 10.5. The lowest BCUT2D eigenvalue weighted by Crippen LogP contribution is -2.18. The van der Waals surface area contributed by atoms with Gasteiger partial charge in [-0.3, -0.25) is 14.7 Å². The fourth-order valence-corrected chi connectivity index (χ4v) is 2.78. The highest BCUT2D eigenvalue weighted by molar-refractivity contribution is 5.85. The average Bonchev–Trinajstić information content (AvgIpc) is 2.63. The number of pyridine rings is 1. The van der Waals surface area contributed by atoms with Crippen LogP contribution in [0.15, 0.2) is 65.6 Å². The maximum absolute atomic E-state index is 13.2. The summed E-state index contributed by atoms with van der Waals surface area (Å²) in [5, 5.41) is 2.62. The summed E-state index contributed by atoms with van der Waals surface area (Å²) >= 11 is 0. The first-order chi connectivity index (χ1) is 13.0. The van der Waals surface area contributed by atoms with Crippen molar-refractivity contribution >= 4 is 11.8 Å². The van der Waals surface area contributed by atoms with E-state index in [2.05, 4.69) is 5.32 Å². The van der Waals surface area contributed by atoms with Crippen molar-refractivity contribution < 1.29 is 13.9 Å². The van der Waals surface area contributed by atoms with Crippen molar-refractivity contribution in [2.75, 3.05) is 11.9 Å². The van der Waals surface area contributed by atoms with Crippen molar-refractivity contribution in [1.29, 1.82) is 0 Å². The first-order valence-corrected chi connectivity index (χ1v) is 8.51. The van der Waals surface area contributed by atoms with Gasteiger partial charge in [-0.1, -0.05) is 18.2 Å². The molecule has 0 saturated heterocycles. The minimum atomic E-state index is -0.557. The molecular formula is C21H19FN2O3. The Morgan fingerprint density at radius 3 is 2.59 bits per heavy atom. The molecule has 0 spiro atoms. The second kappa shape index (κ2) is 7.86. The van der Waals surface area contributed by atoms with Crippen LogP contribution in [0.5, 0.6) is 0 Å². The van der Waals surface area contributed by atoms with Crippen LogP contribution in [0.2, 0.25) is 0 Å². The predicted molar refractivity (Wildman–Crippen MR) is 103 cm³/mol. The Kier molecular flexibility index (Phi) is 5.35. The topological polar surface area (TPSA) is 60.3 Å². The summed E-state index contributed by atoms with van der Waals surface area (Å²) in [6, 6.07) is 14.5. The minimum Gasteiger partial charge on any atom is -0.450 e. The van der Waals surface area contributed by atoms with Crippen molar-refractivity contribution in [3.8, 4) is 16.8 Å². The summed E-state index contributed by atoms with van der Waals surface area (Å²) in [6.07, 6.45) is 1.16. The zero-order valence-electron chi connectivity index (χ0n) is 15.0. The number of aryl methyl sites for hydroxylation is 1. The Morgan fingerprint density at radius 2 is 1.89 bits per heavy atom. The molecule has 0 radical (unpaired) electrons. The maximum Gasteiger partial charge on any atom is 0.411 e. The second-order valence-corrected chi connectivity index (χ2v) is 5.98. The zero-order valence-corrected chi connectivity index (χ0v) is 15.0. The van der Waals surface area contributed by atoms with E-state index in [1.54, 1.807) is 49.5 Å². The quantitative estimate of drug-likeness (QED) is 0.738. The third kappa shape index (κ3) is 4.23. The van der Waals surface area contributed by atoms with Gasteiger partial charge in [-0.15, -0.1) is 0 Å². The van der Waals surface area contributed by atoms with Gasteiger partial charge in [0, 0.05) is 23.5 Å². The van der Waals surface area contributed by atoms with Crippen molar-refractivity contribution in [2.24, 2.45) is 0 Å². The molecule has 1 aromatic heterocycles. The molecule has 0 atom stereocenters. The first kappa shape index (κ1) is 18.4. The summed E-state index contributed by atoms with van der Waals surface area (Å²) in [5.41, 5.74) is 3.33. The number of nitrogens with zero attached hydrogens (tertiary/aromatic N) is 1. The van der Waals surface area contributed by atoms with E-state index in [0.717, 1.165) is 16.7 Å². The number of hydrogen-bond donors (Lipinski definition) is 1. The highest BCUT2D eigenvalue weighted by atomic mass is 19.1. The van der Waals surface area contributed by atoms with Gasteiger partial charge in [0.1, 0.15) is 5.82 Å². The number of carbonyl (C=O) groups excluding carboxylic acids is 1. The van der Waals surface area contributed by atoms with E-state index in [4.69, 9.17) is 4.74 Å². The maximum atomic E-state index is 13.2. The number of anilines is 1. The standard InChI is InChI=1S/C21H19FN2O3/c1-3-27-21(26)23-17-5-4-6-18(12-17)24-13-19(14(2)11-20(24)25)15-7-9-16(22)10-8-15/h4-13H,3H2,1-2H3,(H,23,26). The largest absolute Gasteiger partial charge is 0.450 e. The Bertz CT molecular complexity index is 1030. The molecule has 0 saturated carbocycles. The number of ether oxygens (including phenoxy) is 1. The number of halogens is 1. The van der Waals surface area contributed by atoms with Crippen LogP contribution >= 0.6 is 0 Å². The molecule has 3 aromatic rings. The number of amides is 1. The molecule has 2 aromatic carbocycles. The van der Waals surface area contributed by atoms with Crippen molar-refractivity contribution in [2.45, 2.75) is 13.8 Å². The SMILES string of the molecule is CCOC(=O)Nc1cccc(-n2cc(-c3ccc(F)cc3)c(C)cc2=O)c1. The molecule has 0 unspecified atom stereocenters. The first-order valence-electron chi connectivity index (χ1n) is 8.51. The van der Waals surface area contributed by atoms with Gasteiger partial charge in [-0.05, 0) is 55.3 Å². The third-order valence-electron chi connectivity index (χ3n) is 4.06. The Hall–Kier alpha value is -3.41. The van der Waals surface area contributed by atoms with Gasteiger partial charge in [0.2, 0.25) is 0 Å². The molecule has 1 amide bonds. The van der Waals surface area contributed by atoms with Crippen molar-refractivity contribution in [3.05, 3.63) is 82.5 Å². The van der Waals surface area contributed by atoms with E-state index < -0.39 is 6.09 Å². The fourth-order valence-electron chi connectivity index (χ4n) is 2.78. The predicted octanol–water partition coefficient (Wildman–Crippen LogP) is 4.52. The van der Waals surface area contributed by atoms with Crippen LogP contribution in [0, 0.1) is 12.7 Å². The lowest BCUT2D eigenvalue weighted by atomic mass is 10.0. The second-order valence-electron chi connectivity index (χ2n) is 5.98. The summed E-state index contributed by atoms with van der Waals surface area (Å²) in [7, 11) is 0. The van der Waals surface area contributed by atoms with Crippen LogP contribution in [0.3, 0.4) is 0 Å². The summed E-state index contributed by atoms with van der Waals surface area (Å²) in [6.45, 7) is 3.83. The van der Waals surface area contributed by atoms with Crippen molar-refractivity contribution in [1.82, 2.24) is 4.57 Å². The molecule has 0 aliphatic carbocycles. The average molecular weight is 366 g/mol. The Balaban J connectivity index is 2.02. The monoisotopic (exact) mass is 366 g/mol. The van der Waals surface area contributed by atoms with Crippen LogP contribution in [0.25, 0.3) is 16.8 Å². The minimum absolute atomic E-state index is 0.202. The Labute approximate surface area is 156 Å². The molecule has 1 N–H and O–H groups in total. The molecule has 27 heavy (non-hydrogen) atoms.